The summed E-state index contributed by atoms with van der Waals surface area (Å²) in [4.78, 5) is 36.9. The van der Waals surface area contributed by atoms with Gasteiger partial charge in [-0.2, -0.15) is 0 Å². The fourth-order valence-corrected chi connectivity index (χ4v) is 3.14. The number of benzene rings is 1. The summed E-state index contributed by atoms with van der Waals surface area (Å²) in [5.41, 5.74) is -0.525. The van der Waals surface area contributed by atoms with E-state index in [-0.39, 0.29) is 12.2 Å². The predicted molar refractivity (Wildman–Crippen MR) is 87.7 cm³/mol. The second-order valence-electron chi connectivity index (χ2n) is 6.16. The number of nitrogens with one attached hydrogen (secondary N) is 1. The molecule has 8 nitrogen and oxygen atoms in total. The number of imide groups is 1. The van der Waals surface area contributed by atoms with Gasteiger partial charge in [0.05, 0.1) is 11.5 Å². The third-order valence-electron chi connectivity index (χ3n) is 4.37. The molecule has 3 amide bonds. The van der Waals surface area contributed by atoms with Crippen molar-refractivity contribution < 1.29 is 18.9 Å². The molecular formula is C17H17N3O5. The highest BCUT2D eigenvalue weighted by Gasteiger charge is 2.50. The average Bonchev–Trinajstić information content (AvgIpc) is 3.00. The van der Waals surface area contributed by atoms with E-state index in [0.29, 0.717) is 22.6 Å². The molecule has 1 unspecified atom stereocenters. The number of aryl methyl sites for hydroxylation is 2. The first kappa shape index (κ1) is 16.7. The van der Waals surface area contributed by atoms with Crippen molar-refractivity contribution >= 4 is 17.6 Å². The van der Waals surface area contributed by atoms with Crippen LogP contribution in [0.3, 0.4) is 0 Å². The molecule has 0 spiro atoms. The van der Waals surface area contributed by atoms with Gasteiger partial charge in [0.25, 0.3) is 11.6 Å². The zero-order valence-electron chi connectivity index (χ0n) is 14.0. The Bertz CT molecular complexity index is 888. The van der Waals surface area contributed by atoms with E-state index < -0.39 is 22.4 Å². The van der Waals surface area contributed by atoms with Gasteiger partial charge >= 0.3 is 6.03 Å². The van der Waals surface area contributed by atoms with Crippen LogP contribution in [0.1, 0.15) is 29.6 Å². The van der Waals surface area contributed by atoms with Crippen molar-refractivity contribution in [3.8, 4) is 0 Å². The zero-order valence-corrected chi connectivity index (χ0v) is 14.0. The number of hydrogen-bond donors (Lipinski definition) is 1. The zero-order chi connectivity index (χ0) is 18.4. The number of nitro groups is 1. The number of carbonyl (C=O) groups is 2. The van der Waals surface area contributed by atoms with Crippen molar-refractivity contribution in [2.45, 2.75) is 32.9 Å². The number of hydrogen-bond acceptors (Lipinski definition) is 5. The summed E-state index contributed by atoms with van der Waals surface area (Å²) in [6.07, 6.45) is 0. The molecule has 130 valence electrons. The summed E-state index contributed by atoms with van der Waals surface area (Å²) in [6, 6.07) is 7.16. The molecule has 0 aliphatic carbocycles. The standard InChI is InChI=1S/C17H17N3O5/c1-10-8-13(11(2)25-10)17(3)15(21)19(16(22)18-17)9-12-6-4-5-7-14(12)20(23)24/h4-8H,9H2,1-3H3,(H,18,22). The van der Waals surface area contributed by atoms with E-state index in [2.05, 4.69) is 5.32 Å². The fraction of sp³-hybridized carbons (Fsp3) is 0.294. The van der Waals surface area contributed by atoms with Crippen molar-refractivity contribution in [2.75, 3.05) is 0 Å². The van der Waals surface area contributed by atoms with Crippen LogP contribution in [0, 0.1) is 24.0 Å². The van der Waals surface area contributed by atoms with Crippen LogP contribution in [-0.4, -0.2) is 21.8 Å². The second-order valence-corrected chi connectivity index (χ2v) is 6.16. The van der Waals surface area contributed by atoms with E-state index in [9.17, 15) is 19.7 Å². The van der Waals surface area contributed by atoms with Crippen molar-refractivity contribution in [3.05, 3.63) is 63.1 Å². The Morgan fingerprint density at radius 3 is 2.56 bits per heavy atom. The first-order valence-electron chi connectivity index (χ1n) is 7.68. The lowest BCUT2D eigenvalue weighted by Gasteiger charge is -2.21. The molecule has 1 aliphatic heterocycles. The van der Waals surface area contributed by atoms with E-state index in [0.717, 1.165) is 4.90 Å². The topological polar surface area (TPSA) is 106 Å². The predicted octanol–water partition coefficient (Wildman–Crippen LogP) is 2.77. The Hall–Kier alpha value is -3.16. The van der Waals surface area contributed by atoms with E-state index in [1.54, 1.807) is 32.9 Å². The van der Waals surface area contributed by atoms with Gasteiger partial charge < -0.3 is 9.73 Å². The van der Waals surface area contributed by atoms with E-state index in [1.165, 1.54) is 18.2 Å². The lowest BCUT2D eigenvalue weighted by molar-refractivity contribution is -0.385. The van der Waals surface area contributed by atoms with Crippen LogP contribution >= 0.6 is 0 Å². The molecule has 1 aromatic carbocycles. The molecule has 1 aliphatic rings. The van der Waals surface area contributed by atoms with E-state index >= 15 is 0 Å². The van der Waals surface area contributed by atoms with Crippen LogP contribution in [0.5, 0.6) is 0 Å². The highest BCUT2D eigenvalue weighted by molar-refractivity contribution is 6.07. The van der Waals surface area contributed by atoms with Crippen LogP contribution < -0.4 is 5.32 Å². The van der Waals surface area contributed by atoms with Crippen LogP contribution in [0.4, 0.5) is 10.5 Å². The van der Waals surface area contributed by atoms with E-state index in [4.69, 9.17) is 4.42 Å². The molecule has 1 aromatic heterocycles. The van der Waals surface area contributed by atoms with Gasteiger partial charge in [-0.05, 0) is 26.8 Å². The minimum atomic E-state index is -1.26. The number of nitro benzene ring substituents is 1. The number of urea groups is 1. The van der Waals surface area contributed by atoms with Gasteiger partial charge in [0.1, 0.15) is 17.1 Å². The summed E-state index contributed by atoms with van der Waals surface area (Å²) < 4.78 is 5.47. The number of carbonyl (C=O) groups excluding carboxylic acids is 2. The molecule has 0 saturated carbocycles. The lowest BCUT2D eigenvalue weighted by Crippen LogP contribution is -2.41. The maximum absolute atomic E-state index is 12.9. The molecular weight excluding hydrogens is 326 g/mol. The Balaban J connectivity index is 1.95. The molecule has 8 heteroatoms. The molecule has 1 N–H and O–H groups in total. The Morgan fingerprint density at radius 1 is 1.28 bits per heavy atom. The van der Waals surface area contributed by atoms with Gasteiger partial charge in [0.2, 0.25) is 0 Å². The van der Waals surface area contributed by atoms with Crippen molar-refractivity contribution in [1.82, 2.24) is 10.2 Å². The van der Waals surface area contributed by atoms with Gasteiger partial charge in [-0.3, -0.25) is 19.8 Å². The summed E-state index contributed by atoms with van der Waals surface area (Å²) >= 11 is 0. The third kappa shape index (κ3) is 2.65. The molecule has 25 heavy (non-hydrogen) atoms. The van der Waals surface area contributed by atoms with Gasteiger partial charge in [-0.15, -0.1) is 0 Å². The average molecular weight is 343 g/mol. The van der Waals surface area contributed by atoms with Gasteiger partial charge in [0.15, 0.2) is 0 Å². The second kappa shape index (κ2) is 5.73. The SMILES string of the molecule is Cc1cc(C2(C)NC(=O)N(Cc3ccccc3[N+](=O)[O-])C2=O)c(C)o1. The first-order chi connectivity index (χ1) is 11.7. The van der Waals surface area contributed by atoms with Crippen LogP contribution in [0.15, 0.2) is 34.7 Å². The maximum Gasteiger partial charge on any atom is 0.325 e. The summed E-state index contributed by atoms with van der Waals surface area (Å²) in [7, 11) is 0. The largest absolute Gasteiger partial charge is 0.466 e. The molecule has 3 rings (SSSR count). The fourth-order valence-electron chi connectivity index (χ4n) is 3.14. The highest BCUT2D eigenvalue weighted by Crippen LogP contribution is 2.34. The molecule has 1 saturated heterocycles. The molecule has 1 fully saturated rings. The quantitative estimate of drug-likeness (QED) is 0.522. The molecule has 0 radical (unpaired) electrons. The first-order valence-corrected chi connectivity index (χ1v) is 7.68. The molecule has 1 atom stereocenters. The Labute approximate surface area is 143 Å². The minimum absolute atomic E-state index is 0.132. The number of nitrogens with zero attached hydrogens (tertiary/aromatic N) is 2. The summed E-state index contributed by atoms with van der Waals surface area (Å²) in [5.74, 6) is 0.702. The monoisotopic (exact) mass is 343 g/mol. The smallest absolute Gasteiger partial charge is 0.325 e. The maximum atomic E-state index is 12.9. The Kier molecular flexibility index (Phi) is 3.82. The number of para-hydroxylation sites is 1. The van der Waals surface area contributed by atoms with Crippen molar-refractivity contribution in [1.29, 1.82) is 0 Å². The van der Waals surface area contributed by atoms with Gasteiger partial charge in [0, 0.05) is 17.2 Å². The molecule has 2 aromatic rings. The number of furan rings is 1. The summed E-state index contributed by atoms with van der Waals surface area (Å²) in [5, 5.41) is 13.8. The number of amides is 3. The van der Waals surface area contributed by atoms with E-state index in [1.807, 2.05) is 0 Å². The Morgan fingerprint density at radius 2 is 1.96 bits per heavy atom. The van der Waals surface area contributed by atoms with Gasteiger partial charge in [-0.25, -0.2) is 4.79 Å². The molecule has 0 bridgehead atoms. The molecule has 2 heterocycles. The van der Waals surface area contributed by atoms with Crippen LogP contribution in [0.25, 0.3) is 0 Å². The number of rotatable bonds is 4. The van der Waals surface area contributed by atoms with Crippen LogP contribution in [0.2, 0.25) is 0 Å². The van der Waals surface area contributed by atoms with Crippen molar-refractivity contribution in [3.63, 3.8) is 0 Å². The van der Waals surface area contributed by atoms with Gasteiger partial charge in [-0.1, -0.05) is 18.2 Å². The summed E-state index contributed by atoms with van der Waals surface area (Å²) in [6.45, 7) is 4.90. The normalized spacial score (nSPS) is 20.0. The van der Waals surface area contributed by atoms with Crippen LogP contribution in [-0.2, 0) is 16.9 Å². The lowest BCUT2D eigenvalue weighted by atomic mass is 9.92. The van der Waals surface area contributed by atoms with Crippen molar-refractivity contribution in [2.24, 2.45) is 0 Å². The highest BCUT2D eigenvalue weighted by atomic mass is 16.6. The third-order valence-corrected chi connectivity index (χ3v) is 4.37. The minimum Gasteiger partial charge on any atom is -0.466 e.